The number of aromatic hydroxyl groups is 1. The topological polar surface area (TPSA) is 73.2 Å². The third kappa shape index (κ3) is 5.47. The molecule has 150 valence electrons. The maximum atomic E-state index is 11.6. The van der Waals surface area contributed by atoms with E-state index < -0.39 is 6.10 Å². The number of β-amino-alcohol motifs (C(OH)–C–C–N with tert-alkyl or cyclic N) is 1. The molecule has 1 heterocycles. The van der Waals surface area contributed by atoms with Gasteiger partial charge < -0.3 is 19.8 Å². The van der Waals surface area contributed by atoms with Crippen molar-refractivity contribution >= 4 is 11.5 Å². The fourth-order valence-electron chi connectivity index (χ4n) is 3.34. The van der Waals surface area contributed by atoms with Crippen molar-refractivity contribution in [2.45, 2.75) is 19.4 Å². The van der Waals surface area contributed by atoms with Crippen LogP contribution >= 0.6 is 0 Å². The Morgan fingerprint density at radius 1 is 1.04 bits per heavy atom. The summed E-state index contributed by atoms with van der Waals surface area (Å²) in [5, 5.41) is 19.7. The number of anilines is 1. The number of piperazine rings is 1. The molecule has 2 aromatic rings. The van der Waals surface area contributed by atoms with Crippen LogP contribution in [0.1, 0.15) is 23.7 Å². The maximum absolute atomic E-state index is 11.6. The number of carbonyl (C=O) groups excluding carboxylic acids is 1. The molecule has 1 atom stereocenters. The molecular weight excluding hydrogens is 356 g/mol. The van der Waals surface area contributed by atoms with E-state index in [1.54, 1.807) is 36.4 Å². The van der Waals surface area contributed by atoms with Crippen molar-refractivity contribution in [1.29, 1.82) is 0 Å². The van der Waals surface area contributed by atoms with Gasteiger partial charge in [-0.2, -0.15) is 0 Å². The van der Waals surface area contributed by atoms with Crippen molar-refractivity contribution < 1.29 is 19.7 Å². The van der Waals surface area contributed by atoms with Crippen LogP contribution in [-0.4, -0.2) is 66.3 Å². The highest BCUT2D eigenvalue weighted by Crippen LogP contribution is 2.20. The van der Waals surface area contributed by atoms with Crippen molar-refractivity contribution in [3.63, 3.8) is 0 Å². The molecule has 0 unspecified atom stereocenters. The van der Waals surface area contributed by atoms with E-state index in [0.29, 0.717) is 24.3 Å². The number of nitrogens with zero attached hydrogens (tertiary/aromatic N) is 2. The Bertz CT molecular complexity index is 753. The Balaban J connectivity index is 1.40. The van der Waals surface area contributed by atoms with Gasteiger partial charge in [0.2, 0.25) is 0 Å². The molecule has 1 saturated heterocycles. The fourth-order valence-corrected chi connectivity index (χ4v) is 3.34. The van der Waals surface area contributed by atoms with Crippen LogP contribution < -0.4 is 9.64 Å². The molecule has 2 N–H and O–H groups in total. The van der Waals surface area contributed by atoms with Crippen LogP contribution in [0.25, 0.3) is 0 Å². The molecule has 0 bridgehead atoms. The van der Waals surface area contributed by atoms with Gasteiger partial charge in [0.1, 0.15) is 24.2 Å². The van der Waals surface area contributed by atoms with Crippen LogP contribution in [0.2, 0.25) is 0 Å². The predicted molar refractivity (Wildman–Crippen MR) is 109 cm³/mol. The highest BCUT2D eigenvalue weighted by Gasteiger charge is 2.20. The molecule has 0 radical (unpaired) electrons. The van der Waals surface area contributed by atoms with E-state index in [9.17, 15) is 15.0 Å². The van der Waals surface area contributed by atoms with Crippen LogP contribution in [0.4, 0.5) is 5.69 Å². The quantitative estimate of drug-likeness (QED) is 0.682. The van der Waals surface area contributed by atoms with Gasteiger partial charge in [-0.25, -0.2) is 0 Å². The second kappa shape index (κ2) is 9.57. The number of rotatable bonds is 8. The van der Waals surface area contributed by atoms with Gasteiger partial charge in [-0.15, -0.1) is 0 Å². The number of hydrogen-bond donors (Lipinski definition) is 2. The van der Waals surface area contributed by atoms with Crippen LogP contribution in [0.5, 0.6) is 11.5 Å². The van der Waals surface area contributed by atoms with Crippen LogP contribution in [-0.2, 0) is 0 Å². The lowest BCUT2D eigenvalue weighted by Gasteiger charge is -2.36. The average molecular weight is 384 g/mol. The van der Waals surface area contributed by atoms with E-state index in [0.717, 1.165) is 31.9 Å². The van der Waals surface area contributed by atoms with Crippen molar-refractivity contribution in [3.8, 4) is 11.5 Å². The van der Waals surface area contributed by atoms with Gasteiger partial charge in [-0.3, -0.25) is 9.69 Å². The molecule has 0 amide bonds. The van der Waals surface area contributed by atoms with Crippen molar-refractivity contribution in [2.24, 2.45) is 0 Å². The largest absolute Gasteiger partial charge is 0.508 e. The number of benzene rings is 2. The van der Waals surface area contributed by atoms with E-state index in [1.165, 1.54) is 0 Å². The van der Waals surface area contributed by atoms with Gasteiger partial charge in [0.25, 0.3) is 0 Å². The molecular formula is C22H28N2O4. The molecule has 1 fully saturated rings. The van der Waals surface area contributed by atoms with E-state index in [4.69, 9.17) is 4.74 Å². The second-order valence-corrected chi connectivity index (χ2v) is 7.07. The monoisotopic (exact) mass is 384 g/mol. The molecule has 1 aliphatic heterocycles. The minimum absolute atomic E-state index is 0.109. The van der Waals surface area contributed by atoms with Crippen molar-refractivity contribution in [1.82, 2.24) is 4.90 Å². The lowest BCUT2D eigenvalue weighted by atomic mass is 10.1. The number of phenols is 1. The molecule has 0 spiro atoms. The molecule has 0 aliphatic carbocycles. The summed E-state index contributed by atoms with van der Waals surface area (Å²) >= 11 is 0. The zero-order chi connectivity index (χ0) is 19.9. The zero-order valence-electron chi connectivity index (χ0n) is 16.3. The minimum atomic E-state index is -0.572. The lowest BCUT2D eigenvalue weighted by molar-refractivity contribution is 0.0663. The standard InChI is InChI=1S/C22H28N2O4/c1-2-22(27)17-3-9-21(10-4-17)28-16-20(26)15-23-11-13-24(14-12-23)18-5-7-19(25)8-6-18/h3-10,20,25-26H,2,11-16H2,1H3/t20-/m1/s1. The number of aliphatic hydroxyl groups is 1. The number of hydrogen-bond acceptors (Lipinski definition) is 6. The van der Waals surface area contributed by atoms with E-state index in [1.807, 2.05) is 19.1 Å². The molecule has 6 heteroatoms. The first-order valence-corrected chi connectivity index (χ1v) is 9.75. The summed E-state index contributed by atoms with van der Waals surface area (Å²) in [5.74, 6) is 1.04. The van der Waals surface area contributed by atoms with Crippen LogP contribution in [0.15, 0.2) is 48.5 Å². The van der Waals surface area contributed by atoms with Gasteiger partial charge in [0.15, 0.2) is 5.78 Å². The Morgan fingerprint density at radius 2 is 1.68 bits per heavy atom. The first kappa shape index (κ1) is 20.2. The summed E-state index contributed by atoms with van der Waals surface area (Å²) in [6.45, 7) is 6.12. The maximum Gasteiger partial charge on any atom is 0.162 e. The molecule has 2 aromatic carbocycles. The summed E-state index contributed by atoms with van der Waals surface area (Å²) in [7, 11) is 0. The number of ketones is 1. The van der Waals surface area contributed by atoms with Gasteiger partial charge in [0, 0.05) is 50.4 Å². The molecule has 0 aromatic heterocycles. The smallest absolute Gasteiger partial charge is 0.162 e. The first-order valence-electron chi connectivity index (χ1n) is 9.75. The fraction of sp³-hybridized carbons (Fsp3) is 0.409. The summed E-state index contributed by atoms with van der Waals surface area (Å²) in [6, 6.07) is 14.3. The number of ether oxygens (including phenoxy) is 1. The Morgan fingerprint density at radius 3 is 2.29 bits per heavy atom. The summed E-state index contributed by atoms with van der Waals surface area (Å²) in [4.78, 5) is 16.1. The van der Waals surface area contributed by atoms with Crippen LogP contribution in [0, 0.1) is 0 Å². The van der Waals surface area contributed by atoms with E-state index >= 15 is 0 Å². The molecule has 1 aliphatic rings. The third-order valence-electron chi connectivity index (χ3n) is 5.00. The van der Waals surface area contributed by atoms with Gasteiger partial charge in [-0.1, -0.05) is 6.92 Å². The Hall–Kier alpha value is -2.57. The van der Waals surface area contributed by atoms with Crippen LogP contribution in [0.3, 0.4) is 0 Å². The molecule has 3 rings (SSSR count). The average Bonchev–Trinajstić information content (AvgIpc) is 2.73. The first-order chi connectivity index (χ1) is 13.5. The van der Waals surface area contributed by atoms with Crippen molar-refractivity contribution in [3.05, 3.63) is 54.1 Å². The van der Waals surface area contributed by atoms with E-state index in [-0.39, 0.29) is 18.1 Å². The Kier molecular flexibility index (Phi) is 6.90. The summed E-state index contributed by atoms with van der Waals surface area (Å²) in [6.07, 6.45) is -0.0870. The molecule has 0 saturated carbocycles. The number of aliphatic hydroxyl groups excluding tert-OH is 1. The van der Waals surface area contributed by atoms with Gasteiger partial charge >= 0.3 is 0 Å². The molecule has 28 heavy (non-hydrogen) atoms. The highest BCUT2D eigenvalue weighted by atomic mass is 16.5. The van der Waals surface area contributed by atoms with E-state index in [2.05, 4.69) is 9.80 Å². The lowest BCUT2D eigenvalue weighted by Crippen LogP contribution is -2.49. The second-order valence-electron chi connectivity index (χ2n) is 7.07. The minimum Gasteiger partial charge on any atom is -0.508 e. The Labute approximate surface area is 166 Å². The van der Waals surface area contributed by atoms with Crippen molar-refractivity contribution in [2.75, 3.05) is 44.2 Å². The van der Waals surface area contributed by atoms with Gasteiger partial charge in [0.05, 0.1) is 0 Å². The molecule has 6 nitrogen and oxygen atoms in total. The van der Waals surface area contributed by atoms with Gasteiger partial charge in [-0.05, 0) is 48.5 Å². The summed E-state index contributed by atoms with van der Waals surface area (Å²) in [5.41, 5.74) is 1.79. The number of Topliss-reactive ketones (excluding diaryl/α,β-unsaturated/α-hetero) is 1. The number of phenolic OH excluding ortho intramolecular Hbond substituents is 1. The summed E-state index contributed by atoms with van der Waals surface area (Å²) < 4.78 is 5.66. The third-order valence-corrected chi connectivity index (χ3v) is 5.00. The normalized spacial score (nSPS) is 16.0. The zero-order valence-corrected chi connectivity index (χ0v) is 16.3. The predicted octanol–water partition coefficient (Wildman–Crippen LogP) is 2.55. The SMILES string of the molecule is CCC(=O)c1ccc(OC[C@H](O)CN2CCN(c3ccc(O)cc3)CC2)cc1. The number of carbonyl (C=O) groups is 1. The highest BCUT2D eigenvalue weighted by molar-refractivity contribution is 5.95.